The highest BCUT2D eigenvalue weighted by atomic mass is 32.2. The van der Waals surface area contributed by atoms with Crippen molar-refractivity contribution in [2.75, 3.05) is 55.7 Å². The third-order valence-electron chi connectivity index (χ3n) is 4.94. The molecule has 1 aromatic rings. The largest absolute Gasteiger partial charge is 0.338 e. The highest BCUT2D eigenvalue weighted by Gasteiger charge is 2.33. The molecule has 0 saturated carbocycles. The maximum atomic E-state index is 12.6. The third kappa shape index (κ3) is 4.46. The molecule has 1 aromatic heterocycles. The van der Waals surface area contributed by atoms with Gasteiger partial charge in [0.2, 0.25) is 11.9 Å². The van der Waals surface area contributed by atoms with E-state index in [1.54, 1.807) is 18.5 Å². The average molecular weight is 367 g/mol. The predicted molar refractivity (Wildman–Crippen MR) is 95.1 cm³/mol. The molecule has 2 aliphatic heterocycles. The zero-order chi connectivity index (χ0) is 17.9. The Labute approximate surface area is 148 Å². The Balaban J connectivity index is 1.52. The van der Waals surface area contributed by atoms with E-state index in [9.17, 15) is 13.2 Å². The zero-order valence-electron chi connectivity index (χ0n) is 14.5. The van der Waals surface area contributed by atoms with Crippen LogP contribution in [-0.2, 0) is 14.6 Å². The van der Waals surface area contributed by atoms with E-state index in [4.69, 9.17) is 0 Å². The second kappa shape index (κ2) is 7.65. The maximum Gasteiger partial charge on any atom is 0.236 e. The zero-order valence-corrected chi connectivity index (χ0v) is 15.4. The van der Waals surface area contributed by atoms with Gasteiger partial charge in [-0.05, 0) is 19.0 Å². The summed E-state index contributed by atoms with van der Waals surface area (Å²) in [6.07, 6.45) is 4.06. The van der Waals surface area contributed by atoms with Crippen LogP contribution in [0.5, 0.6) is 0 Å². The molecule has 2 aliphatic rings. The third-order valence-corrected chi connectivity index (χ3v) is 6.69. The van der Waals surface area contributed by atoms with Crippen LogP contribution in [-0.4, -0.2) is 90.9 Å². The van der Waals surface area contributed by atoms with Crippen molar-refractivity contribution in [2.24, 2.45) is 0 Å². The van der Waals surface area contributed by atoms with Gasteiger partial charge in [-0.15, -0.1) is 0 Å². The standard InChI is InChI=1S/C16H25N5O3S/c1-2-19(14-4-11-25(23,24)13-14)12-15(22)20-7-9-21(10-8-20)16-17-5-3-6-18-16/h3,5-6,14H,2,4,7-13H2,1H3. The number of carbonyl (C=O) groups excluding carboxylic acids is 1. The number of aromatic nitrogens is 2. The highest BCUT2D eigenvalue weighted by molar-refractivity contribution is 7.91. The molecule has 0 N–H and O–H groups in total. The van der Waals surface area contributed by atoms with Gasteiger partial charge in [-0.2, -0.15) is 0 Å². The van der Waals surface area contributed by atoms with E-state index in [0.717, 1.165) is 0 Å². The van der Waals surface area contributed by atoms with Crippen LogP contribution >= 0.6 is 0 Å². The maximum absolute atomic E-state index is 12.6. The molecular formula is C16H25N5O3S. The molecular weight excluding hydrogens is 342 g/mol. The summed E-state index contributed by atoms with van der Waals surface area (Å²) < 4.78 is 23.4. The molecule has 0 aromatic carbocycles. The summed E-state index contributed by atoms with van der Waals surface area (Å²) >= 11 is 0. The van der Waals surface area contributed by atoms with Crippen LogP contribution in [0.1, 0.15) is 13.3 Å². The molecule has 3 rings (SSSR count). The molecule has 2 fully saturated rings. The molecule has 1 unspecified atom stereocenters. The Bertz CT molecular complexity index is 689. The summed E-state index contributed by atoms with van der Waals surface area (Å²) in [5, 5.41) is 0. The van der Waals surface area contributed by atoms with Crippen LogP contribution < -0.4 is 4.90 Å². The minimum Gasteiger partial charge on any atom is -0.338 e. The average Bonchev–Trinajstić information content (AvgIpc) is 3.00. The lowest BCUT2D eigenvalue weighted by Gasteiger charge is -2.36. The number of amides is 1. The molecule has 0 aliphatic carbocycles. The Hall–Kier alpha value is -1.74. The Morgan fingerprint density at radius 2 is 1.92 bits per heavy atom. The van der Waals surface area contributed by atoms with E-state index in [-0.39, 0.29) is 23.5 Å². The first-order valence-electron chi connectivity index (χ1n) is 8.73. The summed E-state index contributed by atoms with van der Waals surface area (Å²) in [6, 6.07) is 1.75. The van der Waals surface area contributed by atoms with Crippen molar-refractivity contribution in [1.29, 1.82) is 0 Å². The van der Waals surface area contributed by atoms with Gasteiger partial charge in [-0.1, -0.05) is 6.92 Å². The number of likely N-dealkylation sites (N-methyl/N-ethyl adjacent to an activating group) is 1. The van der Waals surface area contributed by atoms with Gasteiger partial charge in [0, 0.05) is 44.6 Å². The molecule has 25 heavy (non-hydrogen) atoms. The van der Waals surface area contributed by atoms with Crippen molar-refractivity contribution in [1.82, 2.24) is 19.8 Å². The van der Waals surface area contributed by atoms with Crippen LogP contribution in [0.3, 0.4) is 0 Å². The second-order valence-corrected chi connectivity index (χ2v) is 8.77. The minimum atomic E-state index is -2.94. The van der Waals surface area contributed by atoms with Gasteiger partial charge in [0.1, 0.15) is 0 Å². The van der Waals surface area contributed by atoms with Gasteiger partial charge in [-0.3, -0.25) is 9.69 Å². The molecule has 0 radical (unpaired) electrons. The van der Waals surface area contributed by atoms with E-state index in [0.29, 0.717) is 51.6 Å². The van der Waals surface area contributed by atoms with E-state index in [1.165, 1.54) is 0 Å². The quantitative estimate of drug-likeness (QED) is 0.702. The topological polar surface area (TPSA) is 86.7 Å². The second-order valence-electron chi connectivity index (χ2n) is 6.54. The summed E-state index contributed by atoms with van der Waals surface area (Å²) in [5.41, 5.74) is 0. The fourth-order valence-corrected chi connectivity index (χ4v) is 5.21. The smallest absolute Gasteiger partial charge is 0.236 e. The van der Waals surface area contributed by atoms with Crippen LogP contribution in [0.15, 0.2) is 18.5 Å². The molecule has 9 heteroatoms. The first kappa shape index (κ1) is 18.1. The monoisotopic (exact) mass is 367 g/mol. The summed E-state index contributed by atoms with van der Waals surface area (Å²) in [5.74, 6) is 1.17. The summed E-state index contributed by atoms with van der Waals surface area (Å²) in [4.78, 5) is 27.0. The molecule has 8 nitrogen and oxygen atoms in total. The van der Waals surface area contributed by atoms with Crippen LogP contribution in [0.4, 0.5) is 5.95 Å². The number of carbonyl (C=O) groups is 1. The van der Waals surface area contributed by atoms with Crippen LogP contribution in [0, 0.1) is 0 Å². The number of rotatable bonds is 5. The summed E-state index contributed by atoms with van der Waals surface area (Å²) in [6.45, 7) is 5.64. The lowest BCUT2D eigenvalue weighted by atomic mass is 10.2. The number of sulfone groups is 1. The Morgan fingerprint density at radius 3 is 2.48 bits per heavy atom. The first-order valence-corrected chi connectivity index (χ1v) is 10.5. The van der Waals surface area contributed by atoms with Crippen molar-refractivity contribution in [2.45, 2.75) is 19.4 Å². The van der Waals surface area contributed by atoms with E-state index in [2.05, 4.69) is 14.9 Å². The van der Waals surface area contributed by atoms with Gasteiger partial charge in [0.05, 0.1) is 18.1 Å². The lowest BCUT2D eigenvalue weighted by Crippen LogP contribution is -2.52. The SMILES string of the molecule is CCN(CC(=O)N1CCN(c2ncccn2)CC1)C1CCS(=O)(=O)C1. The number of piperazine rings is 1. The fourth-order valence-electron chi connectivity index (χ4n) is 3.45. The number of hydrogen-bond acceptors (Lipinski definition) is 7. The van der Waals surface area contributed by atoms with Crippen molar-refractivity contribution in [3.63, 3.8) is 0 Å². The molecule has 1 atom stereocenters. The minimum absolute atomic E-state index is 0.0297. The van der Waals surface area contributed by atoms with Crippen molar-refractivity contribution < 1.29 is 13.2 Å². The van der Waals surface area contributed by atoms with Crippen molar-refractivity contribution in [3.8, 4) is 0 Å². The van der Waals surface area contributed by atoms with Crippen molar-refractivity contribution in [3.05, 3.63) is 18.5 Å². The molecule has 138 valence electrons. The van der Waals surface area contributed by atoms with Gasteiger partial charge in [-0.25, -0.2) is 18.4 Å². The number of nitrogens with zero attached hydrogens (tertiary/aromatic N) is 5. The fraction of sp³-hybridized carbons (Fsp3) is 0.688. The molecule has 0 bridgehead atoms. The predicted octanol–water partition coefficient (Wildman–Crippen LogP) is -0.366. The first-order chi connectivity index (χ1) is 12.0. The molecule has 1 amide bonds. The highest BCUT2D eigenvalue weighted by Crippen LogP contribution is 2.18. The number of hydrogen-bond donors (Lipinski definition) is 0. The van der Waals surface area contributed by atoms with Gasteiger partial charge in [0.25, 0.3) is 0 Å². The molecule has 0 spiro atoms. The normalized spacial score (nSPS) is 23.2. The molecule has 2 saturated heterocycles. The lowest BCUT2D eigenvalue weighted by molar-refractivity contribution is -0.133. The molecule has 3 heterocycles. The Kier molecular flexibility index (Phi) is 5.53. The van der Waals surface area contributed by atoms with Crippen LogP contribution in [0.25, 0.3) is 0 Å². The van der Waals surface area contributed by atoms with E-state index in [1.807, 2.05) is 16.7 Å². The Morgan fingerprint density at radius 1 is 1.24 bits per heavy atom. The summed E-state index contributed by atoms with van der Waals surface area (Å²) in [7, 11) is -2.94. The van der Waals surface area contributed by atoms with E-state index < -0.39 is 9.84 Å². The van der Waals surface area contributed by atoms with Gasteiger partial charge in [0.15, 0.2) is 9.84 Å². The number of anilines is 1. The van der Waals surface area contributed by atoms with Gasteiger partial charge >= 0.3 is 0 Å². The van der Waals surface area contributed by atoms with Crippen molar-refractivity contribution >= 4 is 21.7 Å². The van der Waals surface area contributed by atoms with E-state index >= 15 is 0 Å². The van der Waals surface area contributed by atoms with Crippen LogP contribution in [0.2, 0.25) is 0 Å². The van der Waals surface area contributed by atoms with Gasteiger partial charge < -0.3 is 9.80 Å².